The average molecular weight is 236 g/mol. The van der Waals surface area contributed by atoms with Gasteiger partial charge in [-0.25, -0.2) is 0 Å². The Kier molecular flexibility index (Phi) is 3.58. The van der Waals surface area contributed by atoms with Crippen LogP contribution in [0.1, 0.15) is 19.3 Å². The first-order valence-corrected chi connectivity index (χ1v) is 5.73. The van der Waals surface area contributed by atoms with E-state index in [-0.39, 0.29) is 10.6 Å². The minimum atomic E-state index is -0.377. The summed E-state index contributed by atoms with van der Waals surface area (Å²) in [5, 5.41) is 14.0. The third-order valence-electron chi connectivity index (χ3n) is 3.15. The quantitative estimate of drug-likeness (QED) is 0.644. The minimum Gasteiger partial charge on any atom is -0.382 e. The topological polar surface area (TPSA) is 64.4 Å². The molecule has 0 heterocycles. The first-order valence-electron chi connectivity index (χ1n) is 5.73. The smallest absolute Gasteiger partial charge is 0.271 e. The summed E-state index contributed by atoms with van der Waals surface area (Å²) in [4.78, 5) is 10.3. The predicted octanol–water partition coefficient (Wildman–Crippen LogP) is 2.57. The molecule has 0 aliphatic heterocycles. The Balaban J connectivity index is 1.99. The summed E-state index contributed by atoms with van der Waals surface area (Å²) in [6, 6.07) is 6.97. The van der Waals surface area contributed by atoms with E-state index in [1.165, 1.54) is 6.07 Å². The van der Waals surface area contributed by atoms with Crippen LogP contribution >= 0.6 is 0 Å². The highest BCUT2D eigenvalue weighted by Crippen LogP contribution is 2.26. The van der Waals surface area contributed by atoms with E-state index in [9.17, 15) is 10.1 Å². The number of rotatable bonds is 4. The second-order valence-electron chi connectivity index (χ2n) is 4.32. The molecule has 1 aromatic rings. The number of nitro groups is 1. The number of non-ortho nitro benzene ring substituents is 1. The number of nitrogens with one attached hydrogen (secondary N) is 1. The number of ether oxygens (including phenoxy) is 1. The zero-order valence-electron chi connectivity index (χ0n) is 9.76. The lowest BCUT2D eigenvalue weighted by molar-refractivity contribution is -0.384. The van der Waals surface area contributed by atoms with Gasteiger partial charge in [0, 0.05) is 31.0 Å². The molecule has 0 radical (unpaired) electrons. The molecule has 2 unspecified atom stereocenters. The van der Waals surface area contributed by atoms with E-state index in [2.05, 4.69) is 5.32 Å². The van der Waals surface area contributed by atoms with Crippen molar-refractivity contribution in [2.45, 2.75) is 31.4 Å². The summed E-state index contributed by atoms with van der Waals surface area (Å²) < 4.78 is 5.29. The van der Waals surface area contributed by atoms with E-state index in [4.69, 9.17) is 4.74 Å². The fraction of sp³-hybridized carbons (Fsp3) is 0.500. The summed E-state index contributed by atoms with van der Waals surface area (Å²) in [6.07, 6.45) is 3.36. The highest BCUT2D eigenvalue weighted by atomic mass is 16.6. The minimum absolute atomic E-state index is 0.122. The van der Waals surface area contributed by atoms with Crippen molar-refractivity contribution in [3.63, 3.8) is 0 Å². The van der Waals surface area contributed by atoms with Crippen LogP contribution in [0.5, 0.6) is 0 Å². The second-order valence-corrected chi connectivity index (χ2v) is 4.32. The summed E-state index contributed by atoms with van der Waals surface area (Å²) in [6.45, 7) is 0. The van der Waals surface area contributed by atoms with Gasteiger partial charge in [0.2, 0.25) is 0 Å². The van der Waals surface area contributed by atoms with Crippen molar-refractivity contribution in [3.05, 3.63) is 34.4 Å². The van der Waals surface area contributed by atoms with Crippen LogP contribution in [-0.4, -0.2) is 24.2 Å². The Hall–Kier alpha value is -1.62. The van der Waals surface area contributed by atoms with E-state index in [1.54, 1.807) is 19.2 Å². The number of methoxy groups -OCH3 is 1. The zero-order chi connectivity index (χ0) is 12.3. The molecule has 5 nitrogen and oxygen atoms in total. The molecule has 5 heteroatoms. The van der Waals surface area contributed by atoms with Crippen LogP contribution in [-0.2, 0) is 4.74 Å². The van der Waals surface area contributed by atoms with Gasteiger partial charge in [0.25, 0.3) is 5.69 Å². The molecule has 17 heavy (non-hydrogen) atoms. The van der Waals surface area contributed by atoms with Crippen molar-refractivity contribution in [1.29, 1.82) is 0 Å². The Morgan fingerprint density at radius 2 is 2.29 bits per heavy atom. The van der Waals surface area contributed by atoms with Gasteiger partial charge in [0.1, 0.15) is 0 Å². The molecule has 0 saturated heterocycles. The predicted molar refractivity (Wildman–Crippen MR) is 65.2 cm³/mol. The van der Waals surface area contributed by atoms with E-state index >= 15 is 0 Å². The van der Waals surface area contributed by atoms with Gasteiger partial charge in [-0.3, -0.25) is 10.1 Å². The number of hydrogen-bond donors (Lipinski definition) is 1. The largest absolute Gasteiger partial charge is 0.382 e. The molecule has 1 fully saturated rings. The molecule has 0 aromatic heterocycles. The molecule has 1 aliphatic carbocycles. The van der Waals surface area contributed by atoms with Crippen LogP contribution in [0, 0.1) is 10.1 Å². The van der Waals surface area contributed by atoms with Crippen molar-refractivity contribution < 1.29 is 9.66 Å². The van der Waals surface area contributed by atoms with Crippen molar-refractivity contribution in [2.24, 2.45) is 0 Å². The lowest BCUT2D eigenvalue weighted by Gasteiger charge is -2.14. The lowest BCUT2D eigenvalue weighted by atomic mass is 10.2. The molecule has 2 atom stereocenters. The summed E-state index contributed by atoms with van der Waals surface area (Å²) in [7, 11) is 1.72. The van der Waals surface area contributed by atoms with Crippen LogP contribution in [0.3, 0.4) is 0 Å². The van der Waals surface area contributed by atoms with E-state index in [1.807, 2.05) is 6.07 Å². The third-order valence-corrected chi connectivity index (χ3v) is 3.15. The highest BCUT2D eigenvalue weighted by Gasteiger charge is 2.24. The molecule has 1 aliphatic rings. The van der Waals surface area contributed by atoms with E-state index in [0.717, 1.165) is 24.9 Å². The van der Waals surface area contributed by atoms with Gasteiger partial charge >= 0.3 is 0 Å². The Bertz CT molecular complexity index is 408. The summed E-state index contributed by atoms with van der Waals surface area (Å²) >= 11 is 0. The maximum absolute atomic E-state index is 10.6. The molecule has 1 N–H and O–H groups in total. The number of nitro benzene ring substituents is 1. The average Bonchev–Trinajstić information content (AvgIpc) is 2.77. The summed E-state index contributed by atoms with van der Waals surface area (Å²) in [5.74, 6) is 0. The molecule has 0 amide bonds. The number of nitrogens with zero attached hydrogens (tertiary/aromatic N) is 1. The highest BCUT2D eigenvalue weighted by molar-refractivity contribution is 5.51. The van der Waals surface area contributed by atoms with Crippen LogP contribution in [0.15, 0.2) is 24.3 Å². The molecule has 2 rings (SSSR count). The normalized spacial score (nSPS) is 23.6. The van der Waals surface area contributed by atoms with Crippen molar-refractivity contribution >= 4 is 11.4 Å². The van der Waals surface area contributed by atoms with Gasteiger partial charge in [-0.2, -0.15) is 0 Å². The first kappa shape index (κ1) is 11.9. The first-order chi connectivity index (χ1) is 8.19. The van der Waals surface area contributed by atoms with Crippen LogP contribution in [0.25, 0.3) is 0 Å². The van der Waals surface area contributed by atoms with E-state index in [0.29, 0.717) is 12.1 Å². The molecule has 1 saturated carbocycles. The van der Waals surface area contributed by atoms with Crippen molar-refractivity contribution in [3.8, 4) is 0 Å². The molecule has 0 bridgehead atoms. The zero-order valence-corrected chi connectivity index (χ0v) is 9.76. The number of benzene rings is 1. The molecular weight excluding hydrogens is 220 g/mol. The summed E-state index contributed by atoms with van der Waals surface area (Å²) in [5.41, 5.74) is 0.928. The fourth-order valence-electron chi connectivity index (χ4n) is 2.23. The maximum atomic E-state index is 10.6. The standard InChI is InChI=1S/C12H16N2O3/c1-17-12-6-5-10(8-12)13-9-3-2-4-11(7-9)14(15)16/h2-4,7,10,12-13H,5-6,8H2,1H3. The Labute approximate surface area is 99.9 Å². The Morgan fingerprint density at radius 3 is 2.94 bits per heavy atom. The fourth-order valence-corrected chi connectivity index (χ4v) is 2.23. The SMILES string of the molecule is COC1CCC(Nc2cccc([N+](=O)[O-])c2)C1. The van der Waals surface area contributed by atoms with Crippen LogP contribution in [0.2, 0.25) is 0 Å². The van der Waals surface area contributed by atoms with Crippen molar-refractivity contribution in [1.82, 2.24) is 0 Å². The maximum Gasteiger partial charge on any atom is 0.271 e. The van der Waals surface area contributed by atoms with Crippen LogP contribution in [0.4, 0.5) is 11.4 Å². The number of anilines is 1. The molecular formula is C12H16N2O3. The van der Waals surface area contributed by atoms with Gasteiger partial charge in [-0.05, 0) is 25.3 Å². The van der Waals surface area contributed by atoms with E-state index < -0.39 is 0 Å². The third kappa shape index (κ3) is 2.94. The number of hydrogen-bond acceptors (Lipinski definition) is 4. The monoisotopic (exact) mass is 236 g/mol. The van der Waals surface area contributed by atoms with Crippen molar-refractivity contribution in [2.75, 3.05) is 12.4 Å². The van der Waals surface area contributed by atoms with Gasteiger partial charge in [-0.1, -0.05) is 6.07 Å². The molecule has 0 spiro atoms. The Morgan fingerprint density at radius 1 is 1.47 bits per heavy atom. The van der Waals surface area contributed by atoms with Gasteiger partial charge in [-0.15, -0.1) is 0 Å². The van der Waals surface area contributed by atoms with Gasteiger partial charge in [0.15, 0.2) is 0 Å². The second kappa shape index (κ2) is 5.14. The van der Waals surface area contributed by atoms with Crippen LogP contribution < -0.4 is 5.32 Å². The lowest BCUT2D eigenvalue weighted by Crippen LogP contribution is -2.17. The molecule has 92 valence electrons. The van der Waals surface area contributed by atoms with Gasteiger partial charge in [0.05, 0.1) is 11.0 Å². The molecule has 1 aromatic carbocycles. The van der Waals surface area contributed by atoms with Gasteiger partial charge < -0.3 is 10.1 Å².